The highest BCUT2D eigenvalue weighted by Gasteiger charge is 2.23. The molecule has 15 heteroatoms. The third-order valence-electron chi connectivity index (χ3n) is 5.42. The van der Waals surface area contributed by atoms with Crippen molar-refractivity contribution in [2.24, 2.45) is 5.92 Å². The Morgan fingerprint density at radius 2 is 1.12 bits per heavy atom. The number of hydrogen-bond acceptors (Lipinski definition) is 12. The van der Waals surface area contributed by atoms with Gasteiger partial charge in [0, 0.05) is 44.0 Å². The summed E-state index contributed by atoms with van der Waals surface area (Å²) in [6, 6.07) is 0. The van der Waals surface area contributed by atoms with Gasteiger partial charge in [0.05, 0.1) is 79.3 Å². The number of hydroxylamine groups is 1. The molecule has 1 heterocycles. The van der Waals surface area contributed by atoms with Crippen LogP contribution in [0.4, 0.5) is 0 Å². The quantitative estimate of drug-likeness (QED) is 0.0646. The fourth-order valence-electron chi connectivity index (χ4n) is 3.07. The summed E-state index contributed by atoms with van der Waals surface area (Å²) in [5.74, 6) is -1.72. The molecule has 0 aromatic rings. The van der Waals surface area contributed by atoms with Crippen molar-refractivity contribution in [3.05, 3.63) is 12.2 Å². The van der Waals surface area contributed by atoms with Gasteiger partial charge in [0.15, 0.2) is 6.61 Å². The molecule has 0 fully saturated rings. The average molecular weight is 604 g/mol. The summed E-state index contributed by atoms with van der Waals surface area (Å²) in [7, 11) is 0. The number of ketones is 1. The number of amides is 4. The summed E-state index contributed by atoms with van der Waals surface area (Å²) in [6.07, 6.45) is 2.56. The predicted octanol–water partition coefficient (Wildman–Crippen LogP) is -0.820. The van der Waals surface area contributed by atoms with E-state index in [0.29, 0.717) is 79.1 Å². The van der Waals surface area contributed by atoms with Crippen LogP contribution in [0.25, 0.3) is 0 Å². The van der Waals surface area contributed by atoms with Gasteiger partial charge in [-0.15, -0.1) is 0 Å². The predicted molar refractivity (Wildman–Crippen MR) is 147 cm³/mol. The lowest BCUT2D eigenvalue weighted by atomic mass is 10.1. The molecule has 0 unspecified atom stereocenters. The van der Waals surface area contributed by atoms with E-state index < -0.39 is 30.2 Å². The normalized spacial score (nSPS) is 12.9. The van der Waals surface area contributed by atoms with Crippen molar-refractivity contribution in [1.82, 2.24) is 15.7 Å². The summed E-state index contributed by atoms with van der Waals surface area (Å²) in [4.78, 5) is 63.4. The molecule has 1 aliphatic heterocycles. The third kappa shape index (κ3) is 20.1. The Bertz CT molecular complexity index is 819. The van der Waals surface area contributed by atoms with Gasteiger partial charge in [-0.05, 0) is 0 Å². The van der Waals surface area contributed by atoms with Crippen LogP contribution in [0.3, 0.4) is 0 Å². The Kier molecular flexibility index (Phi) is 22.0. The van der Waals surface area contributed by atoms with Gasteiger partial charge in [-0.3, -0.25) is 33.7 Å². The first-order valence-corrected chi connectivity index (χ1v) is 14.0. The molecule has 0 saturated carbocycles. The molecule has 240 valence electrons. The molecule has 42 heavy (non-hydrogen) atoms. The smallest absolute Gasteiger partial charge is 0.253 e. The first kappa shape index (κ1) is 37.2. The van der Waals surface area contributed by atoms with Crippen molar-refractivity contribution in [3.8, 4) is 0 Å². The van der Waals surface area contributed by atoms with Crippen molar-refractivity contribution >= 4 is 29.4 Å². The van der Waals surface area contributed by atoms with Crippen molar-refractivity contribution in [1.29, 1.82) is 0 Å². The average Bonchev–Trinajstić information content (AvgIpc) is 3.28. The highest BCUT2D eigenvalue weighted by atomic mass is 16.7. The lowest BCUT2D eigenvalue weighted by Crippen LogP contribution is -2.37. The standard InChI is InChI=1S/C27H45N3O12/c1-22(2)23(31)6-9-36-11-13-38-15-17-40-19-20-41-18-16-39-14-12-37-10-7-28-25(33)21-42-29-24(32)5-8-30-26(34)3-4-27(30)35/h3-4,22H,5-21H2,1-2H3,(H,28,33)(H,29,32). The van der Waals surface area contributed by atoms with Crippen LogP contribution in [0.15, 0.2) is 12.2 Å². The summed E-state index contributed by atoms with van der Waals surface area (Å²) in [6.45, 7) is 8.52. The maximum atomic E-state index is 11.7. The highest BCUT2D eigenvalue weighted by molar-refractivity contribution is 6.13. The van der Waals surface area contributed by atoms with E-state index in [0.717, 1.165) is 17.1 Å². The fourth-order valence-corrected chi connectivity index (χ4v) is 3.07. The van der Waals surface area contributed by atoms with E-state index in [-0.39, 0.29) is 37.8 Å². The number of nitrogens with one attached hydrogen (secondary N) is 2. The van der Waals surface area contributed by atoms with Gasteiger partial charge in [-0.1, -0.05) is 13.8 Å². The zero-order valence-electron chi connectivity index (χ0n) is 24.6. The lowest BCUT2D eigenvalue weighted by molar-refractivity contribution is -0.140. The summed E-state index contributed by atoms with van der Waals surface area (Å²) in [5.41, 5.74) is 2.08. The third-order valence-corrected chi connectivity index (χ3v) is 5.42. The maximum absolute atomic E-state index is 11.7. The van der Waals surface area contributed by atoms with Crippen LogP contribution in [0.1, 0.15) is 26.7 Å². The zero-order valence-corrected chi connectivity index (χ0v) is 24.6. The summed E-state index contributed by atoms with van der Waals surface area (Å²) in [5, 5.41) is 2.57. The molecule has 0 atom stereocenters. The SMILES string of the molecule is CC(C)C(=O)CCOCCOCCOCCOCCOCCOCCNC(=O)CONC(=O)CCN1C(=O)C=CC1=O. The van der Waals surface area contributed by atoms with Gasteiger partial charge >= 0.3 is 0 Å². The summed E-state index contributed by atoms with van der Waals surface area (Å²) >= 11 is 0. The number of nitrogens with zero attached hydrogens (tertiary/aromatic N) is 1. The minimum absolute atomic E-state index is 0.0413. The van der Waals surface area contributed by atoms with Crippen molar-refractivity contribution in [3.63, 3.8) is 0 Å². The van der Waals surface area contributed by atoms with Crippen LogP contribution in [0.2, 0.25) is 0 Å². The Morgan fingerprint density at radius 3 is 1.60 bits per heavy atom. The van der Waals surface area contributed by atoms with Crippen LogP contribution >= 0.6 is 0 Å². The number of hydrogen-bond donors (Lipinski definition) is 2. The number of ether oxygens (including phenoxy) is 6. The van der Waals surface area contributed by atoms with Gasteiger partial charge in [0.25, 0.3) is 11.8 Å². The number of imide groups is 1. The zero-order chi connectivity index (χ0) is 30.8. The largest absolute Gasteiger partial charge is 0.379 e. The Morgan fingerprint density at radius 1 is 0.667 bits per heavy atom. The Balaban J connectivity index is 1.75. The number of rotatable bonds is 28. The molecule has 1 aliphatic rings. The van der Waals surface area contributed by atoms with Crippen LogP contribution in [-0.2, 0) is 57.2 Å². The number of carbonyl (C=O) groups excluding carboxylic acids is 5. The first-order chi connectivity index (χ1) is 20.3. The van der Waals surface area contributed by atoms with Crippen molar-refractivity contribution in [2.75, 3.05) is 99.0 Å². The lowest BCUT2D eigenvalue weighted by Gasteiger charge is -2.13. The second-order valence-corrected chi connectivity index (χ2v) is 9.12. The minimum Gasteiger partial charge on any atom is -0.379 e. The van der Waals surface area contributed by atoms with Crippen molar-refractivity contribution < 1.29 is 57.2 Å². The minimum atomic E-state index is -0.565. The molecule has 0 aromatic heterocycles. The van der Waals surface area contributed by atoms with Crippen LogP contribution in [0, 0.1) is 5.92 Å². The summed E-state index contributed by atoms with van der Waals surface area (Å²) < 4.78 is 32.3. The second-order valence-electron chi connectivity index (χ2n) is 9.12. The van der Waals surface area contributed by atoms with E-state index in [4.69, 9.17) is 33.3 Å². The fraction of sp³-hybridized carbons (Fsp3) is 0.741. The van der Waals surface area contributed by atoms with E-state index in [2.05, 4.69) is 10.8 Å². The molecule has 0 saturated heterocycles. The van der Waals surface area contributed by atoms with E-state index in [9.17, 15) is 24.0 Å². The number of Topliss-reactive ketones (excluding diaryl/α,β-unsaturated/α-hetero) is 1. The second kappa shape index (κ2) is 24.8. The molecule has 0 aliphatic carbocycles. The molecule has 0 aromatic carbocycles. The van der Waals surface area contributed by atoms with Gasteiger partial charge < -0.3 is 33.7 Å². The molecule has 0 radical (unpaired) electrons. The number of carbonyl (C=O) groups is 5. The van der Waals surface area contributed by atoms with E-state index >= 15 is 0 Å². The van der Waals surface area contributed by atoms with Gasteiger partial charge in [-0.2, -0.15) is 0 Å². The van der Waals surface area contributed by atoms with E-state index in [1.165, 1.54) is 0 Å². The first-order valence-electron chi connectivity index (χ1n) is 14.0. The van der Waals surface area contributed by atoms with E-state index in [1.807, 2.05) is 13.8 Å². The molecule has 0 spiro atoms. The Hall–Kier alpha value is -2.79. The van der Waals surface area contributed by atoms with Crippen LogP contribution < -0.4 is 10.8 Å². The monoisotopic (exact) mass is 603 g/mol. The van der Waals surface area contributed by atoms with Gasteiger partial charge in [-0.25, -0.2) is 5.48 Å². The molecular weight excluding hydrogens is 558 g/mol. The molecule has 0 bridgehead atoms. The molecule has 15 nitrogen and oxygen atoms in total. The van der Waals surface area contributed by atoms with Crippen LogP contribution in [-0.4, -0.2) is 133 Å². The van der Waals surface area contributed by atoms with E-state index in [1.54, 1.807) is 0 Å². The topological polar surface area (TPSA) is 177 Å². The van der Waals surface area contributed by atoms with Gasteiger partial charge in [0.1, 0.15) is 5.78 Å². The van der Waals surface area contributed by atoms with Crippen LogP contribution in [0.5, 0.6) is 0 Å². The van der Waals surface area contributed by atoms with Gasteiger partial charge in [0.2, 0.25) is 11.8 Å². The molecule has 1 rings (SSSR count). The Labute approximate surface area is 246 Å². The highest BCUT2D eigenvalue weighted by Crippen LogP contribution is 2.04. The molecule has 4 amide bonds. The maximum Gasteiger partial charge on any atom is 0.253 e. The van der Waals surface area contributed by atoms with Crippen molar-refractivity contribution in [2.45, 2.75) is 26.7 Å². The molecular formula is C27H45N3O12. The molecule has 2 N–H and O–H groups in total.